The molecule has 3 heteroatoms. The Hall–Kier alpha value is -1.15. The summed E-state index contributed by atoms with van der Waals surface area (Å²) in [5.41, 5.74) is 0.707. The predicted octanol–water partition coefficient (Wildman–Crippen LogP) is 2.68. The van der Waals surface area contributed by atoms with Crippen molar-refractivity contribution in [3.05, 3.63) is 34.9 Å². The van der Waals surface area contributed by atoms with Gasteiger partial charge in [-0.1, -0.05) is 43.6 Å². The molecule has 0 spiro atoms. The van der Waals surface area contributed by atoms with Gasteiger partial charge in [-0.05, 0) is 11.6 Å². The highest BCUT2D eigenvalue weighted by atomic mass is 35.5. The molecular weight excluding hydrogens is 212 g/mol. The molecule has 0 radical (unpaired) electrons. The zero-order valence-electron chi connectivity index (χ0n) is 8.79. The van der Waals surface area contributed by atoms with Gasteiger partial charge in [0.2, 0.25) is 11.6 Å². The number of rotatable bonds is 4. The summed E-state index contributed by atoms with van der Waals surface area (Å²) in [6.45, 7) is 3.43. The molecule has 0 amide bonds. The lowest BCUT2D eigenvalue weighted by Crippen LogP contribution is -2.21. The van der Waals surface area contributed by atoms with Crippen molar-refractivity contribution in [2.24, 2.45) is 5.92 Å². The van der Waals surface area contributed by atoms with Crippen molar-refractivity contribution < 1.29 is 9.59 Å². The summed E-state index contributed by atoms with van der Waals surface area (Å²) >= 11 is 5.89. The fraction of sp³-hybridized carbons (Fsp3) is 0.333. The van der Waals surface area contributed by atoms with E-state index in [1.807, 2.05) is 0 Å². The zero-order chi connectivity index (χ0) is 11.4. The van der Waals surface area contributed by atoms with Crippen LogP contribution in [-0.2, 0) is 16.0 Å². The molecule has 0 aliphatic rings. The summed E-state index contributed by atoms with van der Waals surface area (Å²) in [5, 5.41) is 0.530. The number of carbonyl (C=O) groups excluding carboxylic acids is 2. The Morgan fingerprint density at radius 1 is 1.27 bits per heavy atom. The highest BCUT2D eigenvalue weighted by molar-refractivity contribution is 6.39. The Labute approximate surface area is 94.2 Å². The van der Waals surface area contributed by atoms with Crippen molar-refractivity contribution in [2.75, 3.05) is 0 Å². The minimum absolute atomic E-state index is 0.0939. The van der Waals surface area contributed by atoms with Gasteiger partial charge in [0, 0.05) is 17.4 Å². The van der Waals surface area contributed by atoms with Gasteiger partial charge in [-0.15, -0.1) is 0 Å². The van der Waals surface area contributed by atoms with Crippen molar-refractivity contribution in [2.45, 2.75) is 20.3 Å². The third-order valence-electron chi connectivity index (χ3n) is 2.11. The lowest BCUT2D eigenvalue weighted by atomic mass is 10.00. The van der Waals surface area contributed by atoms with Crippen LogP contribution in [0.15, 0.2) is 24.3 Å². The average molecular weight is 225 g/mol. The molecular formula is C12H13ClO2. The molecule has 1 aromatic carbocycles. The molecule has 0 fully saturated rings. The van der Waals surface area contributed by atoms with E-state index in [-0.39, 0.29) is 23.9 Å². The lowest BCUT2D eigenvalue weighted by Gasteiger charge is -2.04. The van der Waals surface area contributed by atoms with Crippen LogP contribution in [0.4, 0.5) is 0 Å². The van der Waals surface area contributed by atoms with Crippen molar-refractivity contribution >= 4 is 23.2 Å². The first-order valence-electron chi connectivity index (χ1n) is 4.83. The van der Waals surface area contributed by atoms with E-state index in [2.05, 4.69) is 0 Å². The van der Waals surface area contributed by atoms with Crippen LogP contribution in [0.1, 0.15) is 19.4 Å². The highest BCUT2D eigenvalue weighted by Crippen LogP contribution is 2.16. The van der Waals surface area contributed by atoms with E-state index in [0.717, 1.165) is 0 Å². The molecule has 0 aliphatic carbocycles. The number of halogens is 1. The van der Waals surface area contributed by atoms with Gasteiger partial charge >= 0.3 is 0 Å². The number of carbonyl (C=O) groups is 2. The van der Waals surface area contributed by atoms with Gasteiger partial charge in [-0.2, -0.15) is 0 Å². The first-order chi connectivity index (χ1) is 7.02. The predicted molar refractivity (Wildman–Crippen MR) is 60.0 cm³/mol. The summed E-state index contributed by atoms with van der Waals surface area (Å²) < 4.78 is 0. The van der Waals surface area contributed by atoms with Gasteiger partial charge in [-0.25, -0.2) is 0 Å². The molecule has 0 saturated carbocycles. The second kappa shape index (κ2) is 5.08. The van der Waals surface area contributed by atoms with Crippen LogP contribution in [0.5, 0.6) is 0 Å². The van der Waals surface area contributed by atoms with E-state index >= 15 is 0 Å². The number of hydrogen-bond acceptors (Lipinski definition) is 2. The van der Waals surface area contributed by atoms with Gasteiger partial charge < -0.3 is 0 Å². The quantitative estimate of drug-likeness (QED) is 0.737. The largest absolute Gasteiger partial charge is 0.291 e. The standard InChI is InChI=1S/C12H13ClO2/c1-8(2)12(15)11(14)7-9-5-3-4-6-10(9)13/h3-6,8H,7H2,1-2H3. The molecule has 15 heavy (non-hydrogen) atoms. The first kappa shape index (κ1) is 11.9. The minimum Gasteiger partial charge on any atom is -0.291 e. The summed E-state index contributed by atoms with van der Waals surface area (Å²) in [6, 6.07) is 7.06. The van der Waals surface area contributed by atoms with Crippen LogP contribution in [0, 0.1) is 5.92 Å². The Balaban J connectivity index is 2.75. The van der Waals surface area contributed by atoms with Crippen molar-refractivity contribution in [1.82, 2.24) is 0 Å². The maximum absolute atomic E-state index is 11.5. The molecule has 0 atom stereocenters. The molecule has 0 heterocycles. The normalized spacial score (nSPS) is 10.4. The Bertz CT molecular complexity index is 383. The van der Waals surface area contributed by atoms with Crippen molar-refractivity contribution in [3.63, 3.8) is 0 Å². The molecule has 1 rings (SSSR count). The number of benzene rings is 1. The lowest BCUT2D eigenvalue weighted by molar-refractivity contribution is -0.138. The Morgan fingerprint density at radius 2 is 1.87 bits per heavy atom. The molecule has 1 aromatic rings. The first-order valence-corrected chi connectivity index (χ1v) is 5.20. The van der Waals surface area contributed by atoms with Gasteiger partial charge in [0.25, 0.3) is 0 Å². The summed E-state index contributed by atoms with van der Waals surface area (Å²) in [7, 11) is 0. The number of Topliss-reactive ketones (excluding diaryl/α,β-unsaturated/α-hetero) is 2. The maximum atomic E-state index is 11.5. The molecule has 0 aliphatic heterocycles. The van der Waals surface area contributed by atoms with Crippen LogP contribution >= 0.6 is 11.6 Å². The fourth-order valence-electron chi connectivity index (χ4n) is 1.22. The van der Waals surface area contributed by atoms with Crippen LogP contribution in [-0.4, -0.2) is 11.6 Å². The van der Waals surface area contributed by atoms with Gasteiger partial charge in [-0.3, -0.25) is 9.59 Å². The van der Waals surface area contributed by atoms with Crippen LogP contribution in [0.25, 0.3) is 0 Å². The van der Waals surface area contributed by atoms with Crippen molar-refractivity contribution in [3.8, 4) is 0 Å². The average Bonchev–Trinajstić information content (AvgIpc) is 2.20. The van der Waals surface area contributed by atoms with Crippen LogP contribution < -0.4 is 0 Å². The van der Waals surface area contributed by atoms with E-state index in [0.29, 0.717) is 10.6 Å². The van der Waals surface area contributed by atoms with E-state index in [1.165, 1.54) is 0 Å². The third kappa shape index (κ3) is 3.17. The van der Waals surface area contributed by atoms with Crippen LogP contribution in [0.3, 0.4) is 0 Å². The summed E-state index contributed by atoms with van der Waals surface area (Å²) in [5.74, 6) is -0.965. The number of hydrogen-bond donors (Lipinski definition) is 0. The second-order valence-corrected chi connectivity index (χ2v) is 4.12. The molecule has 80 valence electrons. The third-order valence-corrected chi connectivity index (χ3v) is 2.48. The number of ketones is 2. The smallest absolute Gasteiger partial charge is 0.203 e. The molecule has 0 bridgehead atoms. The summed E-state index contributed by atoms with van der Waals surface area (Å²) in [4.78, 5) is 22.9. The van der Waals surface area contributed by atoms with E-state index in [1.54, 1.807) is 38.1 Å². The Kier molecular flexibility index (Phi) is 4.04. The SMILES string of the molecule is CC(C)C(=O)C(=O)Cc1ccccc1Cl. The monoisotopic (exact) mass is 224 g/mol. The topological polar surface area (TPSA) is 34.1 Å². The fourth-order valence-corrected chi connectivity index (χ4v) is 1.43. The van der Waals surface area contributed by atoms with Gasteiger partial charge in [0.05, 0.1) is 0 Å². The summed E-state index contributed by atoms with van der Waals surface area (Å²) in [6.07, 6.45) is 0.0939. The zero-order valence-corrected chi connectivity index (χ0v) is 9.54. The molecule has 0 N–H and O–H groups in total. The van der Waals surface area contributed by atoms with Crippen molar-refractivity contribution in [1.29, 1.82) is 0 Å². The van der Waals surface area contributed by atoms with E-state index in [4.69, 9.17) is 11.6 Å². The molecule has 0 unspecified atom stereocenters. The van der Waals surface area contributed by atoms with E-state index in [9.17, 15) is 9.59 Å². The van der Waals surface area contributed by atoms with Gasteiger partial charge in [0.1, 0.15) is 0 Å². The van der Waals surface area contributed by atoms with E-state index < -0.39 is 0 Å². The van der Waals surface area contributed by atoms with Crippen LogP contribution in [0.2, 0.25) is 5.02 Å². The molecule has 0 aromatic heterocycles. The second-order valence-electron chi connectivity index (χ2n) is 3.71. The molecule has 2 nitrogen and oxygen atoms in total. The van der Waals surface area contributed by atoms with Gasteiger partial charge in [0.15, 0.2) is 0 Å². The minimum atomic E-state index is -0.377. The maximum Gasteiger partial charge on any atom is 0.203 e. The highest BCUT2D eigenvalue weighted by Gasteiger charge is 2.18. The molecule has 0 saturated heterocycles. The Morgan fingerprint density at radius 3 is 2.40 bits per heavy atom.